The number of amides is 1. The van der Waals surface area contributed by atoms with Crippen molar-refractivity contribution in [3.05, 3.63) is 36.3 Å². The first kappa shape index (κ1) is 21.7. The fourth-order valence-corrected chi connectivity index (χ4v) is 3.80. The number of hydrogen-bond donors (Lipinski definition) is 3. The molecule has 0 bridgehead atoms. The van der Waals surface area contributed by atoms with Gasteiger partial charge in [0.05, 0.1) is 35.0 Å². The molecule has 0 unspecified atom stereocenters. The molecule has 4 aromatic heterocycles. The number of carbonyl (C=O) groups is 1. The van der Waals surface area contributed by atoms with E-state index in [4.69, 9.17) is 14.5 Å². The number of methoxy groups -OCH3 is 2. The SMILES string of the molecule is CNc1nc2[nH]c(-c3cccc([C@H](CCOC)NC(=O)COC)n3)cc2c2c1ncn2C. The molecule has 1 atom stereocenters. The van der Waals surface area contributed by atoms with Gasteiger partial charge < -0.3 is 29.7 Å². The number of nitrogens with zero attached hydrogens (tertiary/aromatic N) is 4. The first-order valence-electron chi connectivity index (χ1n) is 10.3. The number of carbonyl (C=O) groups excluding carboxylic acids is 1. The molecule has 10 heteroatoms. The molecular weight excluding hydrogens is 410 g/mol. The molecule has 0 fully saturated rings. The van der Waals surface area contributed by atoms with E-state index < -0.39 is 0 Å². The first-order chi connectivity index (χ1) is 15.5. The second-order valence-corrected chi connectivity index (χ2v) is 7.49. The van der Waals surface area contributed by atoms with Gasteiger partial charge in [0.15, 0.2) is 5.82 Å². The number of fused-ring (bicyclic) bond motifs is 3. The Kier molecular flexibility index (Phi) is 6.33. The van der Waals surface area contributed by atoms with Crippen LogP contribution in [0.25, 0.3) is 33.5 Å². The number of imidazole rings is 1. The van der Waals surface area contributed by atoms with Crippen molar-refractivity contribution in [2.45, 2.75) is 12.5 Å². The number of aromatic amines is 1. The summed E-state index contributed by atoms with van der Waals surface area (Å²) in [4.78, 5) is 29.5. The highest BCUT2D eigenvalue weighted by atomic mass is 16.5. The maximum atomic E-state index is 12.1. The third-order valence-electron chi connectivity index (χ3n) is 5.30. The van der Waals surface area contributed by atoms with Crippen molar-refractivity contribution in [3.63, 3.8) is 0 Å². The molecule has 4 rings (SSSR count). The van der Waals surface area contributed by atoms with Gasteiger partial charge >= 0.3 is 0 Å². The molecular formula is C22H27N7O3. The van der Waals surface area contributed by atoms with Crippen molar-refractivity contribution in [3.8, 4) is 11.4 Å². The van der Waals surface area contributed by atoms with Gasteiger partial charge in [-0.25, -0.2) is 15.0 Å². The summed E-state index contributed by atoms with van der Waals surface area (Å²) in [5.74, 6) is 0.512. The van der Waals surface area contributed by atoms with Crippen molar-refractivity contribution in [1.29, 1.82) is 0 Å². The molecule has 4 aromatic rings. The summed E-state index contributed by atoms with van der Waals surface area (Å²) < 4.78 is 12.1. The van der Waals surface area contributed by atoms with Crippen LogP contribution < -0.4 is 10.6 Å². The monoisotopic (exact) mass is 437 g/mol. The summed E-state index contributed by atoms with van der Waals surface area (Å²) in [5, 5.41) is 7.04. The van der Waals surface area contributed by atoms with Gasteiger partial charge in [-0.2, -0.15) is 0 Å². The topological polar surface area (TPSA) is 119 Å². The largest absolute Gasteiger partial charge is 0.385 e. The molecule has 0 aliphatic carbocycles. The molecule has 0 aromatic carbocycles. The predicted molar refractivity (Wildman–Crippen MR) is 122 cm³/mol. The zero-order valence-electron chi connectivity index (χ0n) is 18.6. The number of aromatic nitrogens is 5. The minimum Gasteiger partial charge on any atom is -0.385 e. The van der Waals surface area contributed by atoms with Crippen molar-refractivity contribution in [2.75, 3.05) is 39.8 Å². The third kappa shape index (κ3) is 4.14. The van der Waals surface area contributed by atoms with Crippen LogP contribution in [-0.2, 0) is 21.3 Å². The van der Waals surface area contributed by atoms with E-state index in [1.807, 2.05) is 42.9 Å². The van der Waals surface area contributed by atoms with Crippen molar-refractivity contribution < 1.29 is 14.3 Å². The molecule has 1 amide bonds. The molecule has 3 N–H and O–H groups in total. The van der Waals surface area contributed by atoms with Gasteiger partial charge in [0.25, 0.3) is 0 Å². The number of ether oxygens (including phenoxy) is 2. The summed E-state index contributed by atoms with van der Waals surface area (Å²) in [6.45, 7) is 0.483. The number of aryl methyl sites for hydroxylation is 1. The van der Waals surface area contributed by atoms with Gasteiger partial charge in [0.2, 0.25) is 5.91 Å². The lowest BCUT2D eigenvalue weighted by Gasteiger charge is -2.18. The Bertz CT molecular complexity index is 1250. The quantitative estimate of drug-likeness (QED) is 0.368. The van der Waals surface area contributed by atoms with E-state index in [-0.39, 0.29) is 18.6 Å². The van der Waals surface area contributed by atoms with Crippen LogP contribution in [0.2, 0.25) is 0 Å². The van der Waals surface area contributed by atoms with Crippen LogP contribution in [0, 0.1) is 0 Å². The van der Waals surface area contributed by atoms with Gasteiger partial charge in [0.1, 0.15) is 17.8 Å². The summed E-state index contributed by atoms with van der Waals surface area (Å²) in [7, 11) is 6.91. The lowest BCUT2D eigenvalue weighted by atomic mass is 10.1. The van der Waals surface area contributed by atoms with Crippen LogP contribution in [0.5, 0.6) is 0 Å². The average molecular weight is 438 g/mol. The van der Waals surface area contributed by atoms with E-state index in [0.717, 1.165) is 39.1 Å². The van der Waals surface area contributed by atoms with Crippen molar-refractivity contribution >= 4 is 33.8 Å². The van der Waals surface area contributed by atoms with E-state index in [2.05, 4.69) is 25.6 Å². The Morgan fingerprint density at radius 2 is 2.09 bits per heavy atom. The number of anilines is 1. The Morgan fingerprint density at radius 3 is 2.84 bits per heavy atom. The molecule has 0 spiro atoms. The number of H-pyrrole nitrogens is 1. The first-order valence-corrected chi connectivity index (χ1v) is 10.3. The highest BCUT2D eigenvalue weighted by molar-refractivity contribution is 6.07. The second-order valence-electron chi connectivity index (χ2n) is 7.49. The highest BCUT2D eigenvalue weighted by Gasteiger charge is 2.19. The van der Waals surface area contributed by atoms with Gasteiger partial charge in [-0.1, -0.05) is 6.07 Å². The fourth-order valence-electron chi connectivity index (χ4n) is 3.80. The van der Waals surface area contributed by atoms with Gasteiger partial charge in [-0.3, -0.25) is 4.79 Å². The van der Waals surface area contributed by atoms with E-state index in [0.29, 0.717) is 18.8 Å². The fraction of sp³-hybridized carbons (Fsp3) is 0.364. The van der Waals surface area contributed by atoms with Gasteiger partial charge in [-0.15, -0.1) is 0 Å². The van der Waals surface area contributed by atoms with Gasteiger partial charge in [-0.05, 0) is 24.6 Å². The minimum absolute atomic E-state index is 0.00858. The van der Waals surface area contributed by atoms with E-state index in [1.54, 1.807) is 13.4 Å². The van der Waals surface area contributed by atoms with Crippen LogP contribution >= 0.6 is 0 Å². The highest BCUT2D eigenvalue weighted by Crippen LogP contribution is 2.31. The standard InChI is InChI=1S/C22H27N7O3/c1-23-22-19-20(29(2)12-24-19)13-10-17(27-21(13)28-22)15-7-5-6-14(25-15)16(8-9-31-3)26-18(30)11-32-4/h5-7,10,12,16H,8-9,11H2,1-4H3,(H,26,30)(H2,23,27,28)/t16-/m0/s1. The summed E-state index contributed by atoms with van der Waals surface area (Å²) in [6.07, 6.45) is 2.37. The van der Waals surface area contributed by atoms with Crippen LogP contribution in [0.4, 0.5) is 5.82 Å². The Hall–Kier alpha value is -3.50. The van der Waals surface area contributed by atoms with Gasteiger partial charge in [0, 0.05) is 40.3 Å². The van der Waals surface area contributed by atoms with Crippen molar-refractivity contribution in [1.82, 2.24) is 29.8 Å². The Morgan fingerprint density at radius 1 is 1.25 bits per heavy atom. The molecule has 4 heterocycles. The predicted octanol–water partition coefficient (Wildman–Crippen LogP) is 2.39. The summed E-state index contributed by atoms with van der Waals surface area (Å²) >= 11 is 0. The second kappa shape index (κ2) is 9.33. The molecule has 168 valence electrons. The number of nitrogens with one attached hydrogen (secondary N) is 3. The van der Waals surface area contributed by atoms with Crippen LogP contribution in [0.15, 0.2) is 30.6 Å². The number of pyridine rings is 2. The smallest absolute Gasteiger partial charge is 0.246 e. The maximum Gasteiger partial charge on any atom is 0.246 e. The van der Waals surface area contributed by atoms with Crippen LogP contribution in [0.1, 0.15) is 18.2 Å². The molecule has 0 aliphatic heterocycles. The summed E-state index contributed by atoms with van der Waals surface area (Å²) in [5.41, 5.74) is 4.89. The molecule has 0 aliphatic rings. The third-order valence-corrected chi connectivity index (χ3v) is 5.30. The Balaban J connectivity index is 1.74. The molecule has 10 nitrogen and oxygen atoms in total. The number of rotatable bonds is 9. The molecule has 0 saturated heterocycles. The molecule has 0 saturated carbocycles. The minimum atomic E-state index is -0.292. The lowest BCUT2D eigenvalue weighted by Crippen LogP contribution is -2.32. The van der Waals surface area contributed by atoms with E-state index >= 15 is 0 Å². The Labute approximate surface area is 185 Å². The zero-order chi connectivity index (χ0) is 22.7. The van der Waals surface area contributed by atoms with Crippen LogP contribution in [0.3, 0.4) is 0 Å². The van der Waals surface area contributed by atoms with Crippen molar-refractivity contribution in [2.24, 2.45) is 7.05 Å². The summed E-state index contributed by atoms with van der Waals surface area (Å²) in [6, 6.07) is 7.50. The number of hydrogen-bond acceptors (Lipinski definition) is 7. The van der Waals surface area contributed by atoms with E-state index in [9.17, 15) is 4.79 Å². The zero-order valence-corrected chi connectivity index (χ0v) is 18.6. The lowest BCUT2D eigenvalue weighted by molar-refractivity contribution is -0.125. The normalized spacial score (nSPS) is 12.4. The average Bonchev–Trinajstić information content (AvgIpc) is 3.40. The van der Waals surface area contributed by atoms with E-state index in [1.165, 1.54) is 7.11 Å². The van der Waals surface area contributed by atoms with Crippen LogP contribution in [-0.4, -0.2) is 64.9 Å². The maximum absolute atomic E-state index is 12.1. The molecule has 32 heavy (non-hydrogen) atoms. The molecule has 0 radical (unpaired) electrons.